The van der Waals surface area contributed by atoms with Crippen LogP contribution in [-0.2, 0) is 13.2 Å². The van der Waals surface area contributed by atoms with Gasteiger partial charge < -0.3 is 14.6 Å². The first-order valence-electron chi connectivity index (χ1n) is 8.46. The minimum atomic E-state index is -1.05. The lowest BCUT2D eigenvalue weighted by atomic mass is 10.1. The second kappa shape index (κ2) is 8.73. The number of halogens is 1. The van der Waals surface area contributed by atoms with Crippen LogP contribution < -0.4 is 9.47 Å². The van der Waals surface area contributed by atoms with E-state index in [0.29, 0.717) is 28.1 Å². The monoisotopic (exact) mass is 426 g/mol. The number of aromatic carboxylic acids is 1. The highest BCUT2D eigenvalue weighted by Crippen LogP contribution is 2.38. The lowest BCUT2D eigenvalue weighted by Crippen LogP contribution is -2.08. The number of carboxylic acid groups (broad SMARTS) is 1. The zero-order chi connectivity index (χ0) is 19.2. The predicted octanol–water partition coefficient (Wildman–Crippen LogP) is 5.61. The van der Waals surface area contributed by atoms with Gasteiger partial charge in [-0.1, -0.05) is 60.7 Å². The highest BCUT2D eigenvalue weighted by atomic mass is 79.9. The minimum Gasteiger partial charge on any atom is -0.488 e. The van der Waals surface area contributed by atoms with Gasteiger partial charge in [0.1, 0.15) is 30.3 Å². The van der Waals surface area contributed by atoms with Crippen molar-refractivity contribution in [1.82, 2.24) is 0 Å². The van der Waals surface area contributed by atoms with E-state index in [1.54, 1.807) is 13.0 Å². The van der Waals surface area contributed by atoms with Gasteiger partial charge >= 0.3 is 5.97 Å². The summed E-state index contributed by atoms with van der Waals surface area (Å²) in [6, 6.07) is 21.1. The Kier molecular flexibility index (Phi) is 6.14. The van der Waals surface area contributed by atoms with Gasteiger partial charge in [-0.2, -0.15) is 0 Å². The maximum atomic E-state index is 11.7. The number of carboxylic acids is 1. The Labute approximate surface area is 166 Å². The molecule has 0 saturated carbocycles. The molecule has 3 aromatic rings. The summed E-state index contributed by atoms with van der Waals surface area (Å²) in [6.07, 6.45) is 0. The van der Waals surface area contributed by atoms with Gasteiger partial charge in [-0.25, -0.2) is 4.79 Å². The second-order valence-electron chi connectivity index (χ2n) is 6.04. The number of hydrogen-bond donors (Lipinski definition) is 1. The van der Waals surface area contributed by atoms with Crippen molar-refractivity contribution in [3.63, 3.8) is 0 Å². The van der Waals surface area contributed by atoms with Crippen LogP contribution in [0.15, 0.2) is 71.2 Å². The fraction of sp³-hybridized carbons (Fsp3) is 0.136. The van der Waals surface area contributed by atoms with E-state index in [2.05, 4.69) is 15.9 Å². The number of carbonyl (C=O) groups is 1. The molecule has 0 aliphatic heterocycles. The van der Waals surface area contributed by atoms with Crippen LogP contribution in [0.25, 0.3) is 0 Å². The third kappa shape index (κ3) is 4.68. The normalized spacial score (nSPS) is 10.4. The summed E-state index contributed by atoms with van der Waals surface area (Å²) in [5.74, 6) is -0.162. The molecule has 0 fully saturated rings. The van der Waals surface area contributed by atoms with Crippen molar-refractivity contribution in [3.8, 4) is 11.5 Å². The summed E-state index contributed by atoms with van der Waals surface area (Å²) < 4.78 is 12.2. The molecule has 0 unspecified atom stereocenters. The number of hydrogen-bond acceptors (Lipinski definition) is 3. The van der Waals surface area contributed by atoms with Crippen molar-refractivity contribution in [2.24, 2.45) is 0 Å². The van der Waals surface area contributed by atoms with Crippen LogP contribution in [0.4, 0.5) is 0 Å². The third-order valence-electron chi connectivity index (χ3n) is 4.11. The molecule has 27 heavy (non-hydrogen) atoms. The SMILES string of the molecule is Cc1c(OCc2ccccc2)cc(Br)c(C(=O)O)c1OCc1ccccc1. The molecule has 1 N–H and O–H groups in total. The first-order chi connectivity index (χ1) is 13.1. The Morgan fingerprint density at radius 2 is 1.44 bits per heavy atom. The quantitative estimate of drug-likeness (QED) is 0.532. The molecule has 0 spiro atoms. The molecule has 0 bridgehead atoms. The summed E-state index contributed by atoms with van der Waals surface area (Å²) in [5, 5.41) is 9.62. The Hall–Kier alpha value is -2.79. The summed E-state index contributed by atoms with van der Waals surface area (Å²) in [4.78, 5) is 11.7. The van der Waals surface area contributed by atoms with Crippen molar-refractivity contribution < 1.29 is 19.4 Å². The highest BCUT2D eigenvalue weighted by molar-refractivity contribution is 9.10. The van der Waals surface area contributed by atoms with Crippen molar-refractivity contribution in [3.05, 3.63) is 93.5 Å². The van der Waals surface area contributed by atoms with Crippen LogP contribution in [0.5, 0.6) is 11.5 Å². The molecule has 0 amide bonds. The summed E-state index contributed by atoms with van der Waals surface area (Å²) >= 11 is 3.34. The molecular formula is C22H19BrO4. The molecule has 0 aliphatic rings. The van der Waals surface area contributed by atoms with Crippen LogP contribution in [0.1, 0.15) is 27.0 Å². The number of rotatable bonds is 7. The van der Waals surface area contributed by atoms with Gasteiger partial charge in [0.25, 0.3) is 0 Å². The fourth-order valence-electron chi connectivity index (χ4n) is 2.70. The van der Waals surface area contributed by atoms with E-state index in [9.17, 15) is 9.90 Å². The van der Waals surface area contributed by atoms with E-state index in [0.717, 1.165) is 11.1 Å². The Bertz CT molecular complexity index is 924. The molecule has 4 nitrogen and oxygen atoms in total. The first-order valence-corrected chi connectivity index (χ1v) is 9.25. The van der Waals surface area contributed by atoms with Crippen molar-refractivity contribution in [2.45, 2.75) is 20.1 Å². The van der Waals surface area contributed by atoms with Gasteiger partial charge in [0, 0.05) is 10.0 Å². The van der Waals surface area contributed by atoms with Gasteiger partial charge in [0.2, 0.25) is 0 Å². The van der Waals surface area contributed by atoms with Gasteiger partial charge in [0.15, 0.2) is 0 Å². The topological polar surface area (TPSA) is 55.8 Å². The van der Waals surface area contributed by atoms with E-state index in [-0.39, 0.29) is 12.2 Å². The maximum Gasteiger partial charge on any atom is 0.340 e. The second-order valence-corrected chi connectivity index (χ2v) is 6.89. The average molecular weight is 427 g/mol. The van der Waals surface area contributed by atoms with Crippen molar-refractivity contribution in [1.29, 1.82) is 0 Å². The molecule has 0 radical (unpaired) electrons. The molecule has 0 heterocycles. The smallest absolute Gasteiger partial charge is 0.340 e. The zero-order valence-corrected chi connectivity index (χ0v) is 16.4. The standard InChI is InChI=1S/C22H19BrO4/c1-15-19(26-13-16-8-4-2-5-9-16)12-18(23)20(22(24)25)21(15)27-14-17-10-6-3-7-11-17/h2-12H,13-14H2,1H3,(H,24,25). The minimum absolute atomic E-state index is 0.0930. The van der Waals surface area contributed by atoms with Crippen LogP contribution in [-0.4, -0.2) is 11.1 Å². The van der Waals surface area contributed by atoms with Crippen LogP contribution in [0, 0.1) is 6.92 Å². The lowest BCUT2D eigenvalue weighted by Gasteiger charge is -2.17. The average Bonchev–Trinajstić information content (AvgIpc) is 2.68. The molecule has 5 heteroatoms. The number of ether oxygens (including phenoxy) is 2. The largest absolute Gasteiger partial charge is 0.488 e. The molecule has 3 rings (SSSR count). The van der Waals surface area contributed by atoms with Crippen LogP contribution >= 0.6 is 15.9 Å². The van der Waals surface area contributed by atoms with E-state index in [1.165, 1.54) is 0 Å². The fourth-order valence-corrected chi connectivity index (χ4v) is 3.26. The summed E-state index contributed by atoms with van der Waals surface area (Å²) in [6.45, 7) is 2.47. The zero-order valence-electron chi connectivity index (χ0n) is 14.8. The summed E-state index contributed by atoms with van der Waals surface area (Å²) in [7, 11) is 0. The van der Waals surface area contributed by atoms with Crippen LogP contribution in [0.2, 0.25) is 0 Å². The van der Waals surface area contributed by atoms with Crippen molar-refractivity contribution >= 4 is 21.9 Å². The van der Waals surface area contributed by atoms with Gasteiger partial charge in [-0.3, -0.25) is 0 Å². The van der Waals surface area contributed by atoms with Gasteiger partial charge in [-0.15, -0.1) is 0 Å². The molecular weight excluding hydrogens is 408 g/mol. The van der Waals surface area contributed by atoms with E-state index < -0.39 is 5.97 Å². The molecule has 138 valence electrons. The third-order valence-corrected chi connectivity index (χ3v) is 4.74. The van der Waals surface area contributed by atoms with E-state index >= 15 is 0 Å². The molecule has 0 aromatic heterocycles. The van der Waals surface area contributed by atoms with Gasteiger partial charge in [-0.05, 0) is 40.0 Å². The molecule has 0 atom stereocenters. The van der Waals surface area contributed by atoms with Gasteiger partial charge in [0.05, 0.1) is 0 Å². The predicted molar refractivity (Wildman–Crippen MR) is 107 cm³/mol. The first kappa shape index (κ1) is 19.0. The Morgan fingerprint density at radius 1 is 0.926 bits per heavy atom. The Balaban J connectivity index is 1.89. The Morgan fingerprint density at radius 3 is 1.96 bits per heavy atom. The maximum absolute atomic E-state index is 11.7. The van der Waals surface area contributed by atoms with E-state index in [4.69, 9.17) is 9.47 Å². The van der Waals surface area contributed by atoms with E-state index in [1.807, 2.05) is 60.7 Å². The number of benzene rings is 3. The highest BCUT2D eigenvalue weighted by Gasteiger charge is 2.22. The lowest BCUT2D eigenvalue weighted by molar-refractivity contribution is 0.0690. The molecule has 0 saturated heterocycles. The molecule has 0 aliphatic carbocycles. The summed E-state index contributed by atoms with van der Waals surface area (Å²) in [5.41, 5.74) is 2.74. The van der Waals surface area contributed by atoms with Crippen LogP contribution in [0.3, 0.4) is 0 Å². The van der Waals surface area contributed by atoms with Crippen molar-refractivity contribution in [2.75, 3.05) is 0 Å². The molecule has 3 aromatic carbocycles.